The van der Waals surface area contributed by atoms with Gasteiger partial charge in [0.05, 0.1) is 17.5 Å². The molecule has 1 aliphatic carbocycles. The second-order valence-electron chi connectivity index (χ2n) is 7.14. The lowest BCUT2D eigenvalue weighted by Crippen LogP contribution is -2.08. The highest BCUT2D eigenvalue weighted by Crippen LogP contribution is 2.41. The fourth-order valence-electron chi connectivity index (χ4n) is 3.85. The van der Waals surface area contributed by atoms with E-state index in [1.165, 1.54) is 0 Å². The third kappa shape index (κ3) is 4.48. The lowest BCUT2D eigenvalue weighted by Gasteiger charge is -2.18. The van der Waals surface area contributed by atoms with E-state index in [0.29, 0.717) is 18.7 Å². The second-order valence-corrected chi connectivity index (χ2v) is 7.14. The number of halogens is 1. The van der Waals surface area contributed by atoms with Gasteiger partial charge in [-0.3, -0.25) is 4.99 Å². The van der Waals surface area contributed by atoms with E-state index in [9.17, 15) is 4.79 Å². The SMILES string of the molecule is CCN=c1ccc2c(-c3ccccc3C(=O)OCC)c3ccc(NCC)cc3oc-2c1.Cl. The van der Waals surface area contributed by atoms with Crippen molar-refractivity contribution in [1.82, 2.24) is 0 Å². The van der Waals surface area contributed by atoms with Crippen LogP contribution in [0.1, 0.15) is 31.1 Å². The minimum Gasteiger partial charge on any atom is -0.462 e. The van der Waals surface area contributed by atoms with Gasteiger partial charge in [-0.15, -0.1) is 12.4 Å². The number of carbonyl (C=O) groups excluding carboxylic acids is 1. The summed E-state index contributed by atoms with van der Waals surface area (Å²) < 4.78 is 11.6. The van der Waals surface area contributed by atoms with Gasteiger partial charge < -0.3 is 14.5 Å². The Hall–Kier alpha value is -3.31. The molecule has 0 spiro atoms. The highest BCUT2D eigenvalue weighted by atomic mass is 35.5. The molecule has 2 aliphatic rings. The van der Waals surface area contributed by atoms with Crippen molar-refractivity contribution in [3.05, 3.63) is 71.6 Å². The number of ether oxygens (including phenoxy) is 1. The van der Waals surface area contributed by atoms with Gasteiger partial charge in [-0.25, -0.2) is 4.79 Å². The van der Waals surface area contributed by atoms with E-state index >= 15 is 0 Å². The molecule has 1 aliphatic heterocycles. The van der Waals surface area contributed by atoms with Crippen LogP contribution in [0.4, 0.5) is 5.69 Å². The molecular formula is C26H27ClN2O3. The van der Waals surface area contributed by atoms with Gasteiger partial charge in [0, 0.05) is 47.4 Å². The molecule has 1 N–H and O–H groups in total. The van der Waals surface area contributed by atoms with Crippen molar-refractivity contribution in [3.8, 4) is 22.5 Å². The molecule has 0 saturated heterocycles. The number of nitrogens with one attached hydrogen (secondary N) is 1. The van der Waals surface area contributed by atoms with Gasteiger partial charge in [0.25, 0.3) is 0 Å². The van der Waals surface area contributed by atoms with Crippen LogP contribution in [0.15, 0.2) is 70.1 Å². The van der Waals surface area contributed by atoms with E-state index in [2.05, 4.69) is 17.2 Å². The van der Waals surface area contributed by atoms with E-state index < -0.39 is 0 Å². The summed E-state index contributed by atoms with van der Waals surface area (Å²) in [5, 5.41) is 5.13. The van der Waals surface area contributed by atoms with Gasteiger partial charge in [0.15, 0.2) is 0 Å². The normalized spacial score (nSPS) is 11.4. The number of rotatable bonds is 6. The molecule has 5 nitrogen and oxygen atoms in total. The second kappa shape index (κ2) is 10.3. The largest absolute Gasteiger partial charge is 0.462 e. The van der Waals surface area contributed by atoms with Crippen molar-refractivity contribution in [2.24, 2.45) is 4.99 Å². The zero-order valence-corrected chi connectivity index (χ0v) is 19.3. The fourth-order valence-corrected chi connectivity index (χ4v) is 3.85. The van der Waals surface area contributed by atoms with Crippen LogP contribution in [0.3, 0.4) is 0 Å². The number of fused-ring (bicyclic) bond motifs is 2. The van der Waals surface area contributed by atoms with Crippen molar-refractivity contribution in [2.45, 2.75) is 20.8 Å². The Morgan fingerprint density at radius 2 is 1.81 bits per heavy atom. The number of nitrogens with zero attached hydrogens (tertiary/aromatic N) is 1. The summed E-state index contributed by atoms with van der Waals surface area (Å²) in [5.41, 5.74) is 4.96. The molecule has 0 unspecified atom stereocenters. The van der Waals surface area contributed by atoms with Crippen LogP contribution in [0, 0.1) is 0 Å². The van der Waals surface area contributed by atoms with E-state index in [-0.39, 0.29) is 18.4 Å². The third-order valence-corrected chi connectivity index (χ3v) is 5.12. The first kappa shape index (κ1) is 23.4. The maximum absolute atomic E-state index is 12.7. The molecule has 32 heavy (non-hydrogen) atoms. The molecule has 0 amide bonds. The van der Waals surface area contributed by atoms with Gasteiger partial charge in [0.2, 0.25) is 0 Å². The minimum absolute atomic E-state index is 0. The predicted molar refractivity (Wildman–Crippen MR) is 132 cm³/mol. The Morgan fingerprint density at radius 1 is 1.00 bits per heavy atom. The maximum Gasteiger partial charge on any atom is 0.338 e. The average Bonchev–Trinajstić information content (AvgIpc) is 2.78. The van der Waals surface area contributed by atoms with Crippen LogP contribution in [0.2, 0.25) is 0 Å². The Kier molecular flexibility index (Phi) is 7.54. The van der Waals surface area contributed by atoms with Gasteiger partial charge in [-0.05, 0) is 56.7 Å². The van der Waals surface area contributed by atoms with Crippen LogP contribution in [-0.4, -0.2) is 25.7 Å². The molecule has 0 bridgehead atoms. The van der Waals surface area contributed by atoms with E-state index in [1.807, 2.05) is 74.5 Å². The summed E-state index contributed by atoms with van der Waals surface area (Å²) in [6.07, 6.45) is 0. The molecule has 0 atom stereocenters. The highest BCUT2D eigenvalue weighted by Gasteiger charge is 2.22. The van der Waals surface area contributed by atoms with Crippen LogP contribution < -0.4 is 10.7 Å². The van der Waals surface area contributed by atoms with Crippen molar-refractivity contribution in [3.63, 3.8) is 0 Å². The molecule has 0 radical (unpaired) electrons. The first-order valence-corrected chi connectivity index (χ1v) is 10.7. The first-order chi connectivity index (χ1) is 15.2. The zero-order chi connectivity index (χ0) is 21.8. The molecule has 2 aromatic carbocycles. The Morgan fingerprint density at radius 3 is 2.56 bits per heavy atom. The van der Waals surface area contributed by atoms with E-state index in [0.717, 1.165) is 51.0 Å². The summed E-state index contributed by atoms with van der Waals surface area (Å²) >= 11 is 0. The predicted octanol–water partition coefficient (Wildman–Crippen LogP) is 6.16. The molecule has 166 valence electrons. The first-order valence-electron chi connectivity index (χ1n) is 10.7. The fraction of sp³-hybridized carbons (Fsp3) is 0.231. The number of hydrogen-bond donors (Lipinski definition) is 1. The van der Waals surface area contributed by atoms with E-state index in [4.69, 9.17) is 9.15 Å². The van der Waals surface area contributed by atoms with E-state index in [1.54, 1.807) is 0 Å². The summed E-state index contributed by atoms with van der Waals surface area (Å²) in [7, 11) is 0. The van der Waals surface area contributed by atoms with Crippen LogP contribution >= 0.6 is 12.4 Å². The van der Waals surface area contributed by atoms with Crippen LogP contribution in [0.5, 0.6) is 0 Å². The van der Waals surface area contributed by atoms with Crippen molar-refractivity contribution in [1.29, 1.82) is 0 Å². The van der Waals surface area contributed by atoms with Crippen molar-refractivity contribution < 1.29 is 13.9 Å². The third-order valence-electron chi connectivity index (χ3n) is 5.12. The summed E-state index contributed by atoms with van der Waals surface area (Å²) in [4.78, 5) is 17.2. The zero-order valence-electron chi connectivity index (χ0n) is 18.5. The quantitative estimate of drug-likeness (QED) is 0.282. The monoisotopic (exact) mass is 450 g/mol. The molecule has 6 heteroatoms. The summed E-state index contributed by atoms with van der Waals surface area (Å²) in [6, 6.07) is 19.6. The number of benzene rings is 3. The van der Waals surface area contributed by atoms with Crippen molar-refractivity contribution in [2.75, 3.05) is 25.0 Å². The van der Waals surface area contributed by atoms with Gasteiger partial charge in [0.1, 0.15) is 11.3 Å². The van der Waals surface area contributed by atoms with Gasteiger partial charge in [-0.2, -0.15) is 0 Å². The van der Waals surface area contributed by atoms with Crippen LogP contribution in [-0.2, 0) is 4.74 Å². The van der Waals surface area contributed by atoms with Crippen LogP contribution in [0.25, 0.3) is 33.4 Å². The highest BCUT2D eigenvalue weighted by molar-refractivity contribution is 6.08. The average molecular weight is 451 g/mol. The summed E-state index contributed by atoms with van der Waals surface area (Å²) in [6.45, 7) is 7.71. The summed E-state index contributed by atoms with van der Waals surface area (Å²) in [5.74, 6) is 0.395. The molecular weight excluding hydrogens is 424 g/mol. The molecule has 4 rings (SSSR count). The number of esters is 1. The number of anilines is 1. The Bertz CT molecular complexity index is 1280. The molecule has 0 fully saturated rings. The lowest BCUT2D eigenvalue weighted by molar-refractivity contribution is 0.0527. The maximum atomic E-state index is 12.7. The molecule has 0 saturated carbocycles. The van der Waals surface area contributed by atoms with Gasteiger partial charge >= 0.3 is 5.97 Å². The topological polar surface area (TPSA) is 63.8 Å². The standard InChI is InChI=1S/C26H26N2O3.ClH/c1-4-27-17-11-13-21-23(15-17)31-24-16-18(28-5-2)12-14-22(24)25(21)19-9-7-8-10-20(19)26(29)30-6-3;/h7-16,27H,4-6H2,1-3H3;1H. The van der Waals surface area contributed by atoms with Crippen molar-refractivity contribution >= 4 is 35.0 Å². The number of carbonyl (C=O) groups is 1. The minimum atomic E-state index is -0.331. The smallest absolute Gasteiger partial charge is 0.338 e. The Balaban J connectivity index is 0.00000289. The lowest BCUT2D eigenvalue weighted by atomic mass is 9.90. The Labute approximate surface area is 193 Å². The molecule has 1 heterocycles. The molecule has 0 aromatic heterocycles. The molecule has 2 aromatic rings. The van der Waals surface area contributed by atoms with Gasteiger partial charge in [-0.1, -0.05) is 18.2 Å². The number of hydrogen-bond acceptors (Lipinski definition) is 5.